The smallest absolute Gasteiger partial charge is 0.305 e. The molecule has 3 aromatic carbocycles. The van der Waals surface area contributed by atoms with Crippen LogP contribution in [0.2, 0.25) is 0 Å². The van der Waals surface area contributed by atoms with Crippen LogP contribution in [0.1, 0.15) is 28.8 Å². The Morgan fingerprint density at radius 1 is 0.944 bits per heavy atom. The number of esters is 1. The van der Waals surface area contributed by atoms with E-state index in [4.69, 9.17) is 20.6 Å². The van der Waals surface area contributed by atoms with Gasteiger partial charge in [0.1, 0.15) is 18.2 Å². The molecule has 3 aromatic rings. The first-order valence-electron chi connectivity index (χ1n) is 11.5. The molecule has 3 N–H and O–H groups in total. The maximum Gasteiger partial charge on any atom is 0.305 e. The van der Waals surface area contributed by atoms with Gasteiger partial charge in [0.05, 0.1) is 19.6 Å². The molecule has 1 fully saturated rings. The van der Waals surface area contributed by atoms with Crippen LogP contribution in [0.15, 0.2) is 78.9 Å². The van der Waals surface area contributed by atoms with Crippen molar-refractivity contribution in [1.29, 1.82) is 5.41 Å². The zero-order valence-corrected chi connectivity index (χ0v) is 20.9. The van der Waals surface area contributed by atoms with Crippen molar-refractivity contribution in [2.45, 2.75) is 18.9 Å². The first-order valence-corrected chi connectivity index (χ1v) is 11.5. The van der Waals surface area contributed by atoms with Crippen LogP contribution in [0.5, 0.6) is 5.75 Å². The van der Waals surface area contributed by atoms with E-state index in [1.54, 1.807) is 12.1 Å². The van der Waals surface area contributed by atoms with E-state index in [9.17, 15) is 9.59 Å². The number of amides is 1. The lowest BCUT2D eigenvalue weighted by Crippen LogP contribution is -2.39. The molecule has 0 unspecified atom stereocenters. The minimum atomic E-state index is -0.268. The SMILES string of the molecule is COC(=O)C[C@@H]1C[C@@H](COc2ccc(-c3ccc(C(=N)N)cc3)cc2)N(C(=O)c2ccccc2)C1.Cl. The highest BCUT2D eigenvalue weighted by atomic mass is 35.5. The molecule has 8 heteroatoms. The molecule has 0 aliphatic carbocycles. The Kier molecular flexibility index (Phi) is 9.08. The van der Waals surface area contributed by atoms with Gasteiger partial charge in [-0.1, -0.05) is 54.6 Å². The molecule has 7 nitrogen and oxygen atoms in total. The zero-order valence-electron chi connectivity index (χ0n) is 20.1. The van der Waals surface area contributed by atoms with Crippen molar-refractivity contribution >= 4 is 30.1 Å². The van der Waals surface area contributed by atoms with Crippen molar-refractivity contribution in [1.82, 2.24) is 4.90 Å². The van der Waals surface area contributed by atoms with E-state index in [-0.39, 0.29) is 48.5 Å². The predicted octanol–water partition coefficient (Wildman–Crippen LogP) is 4.53. The molecule has 0 saturated carbocycles. The van der Waals surface area contributed by atoms with E-state index in [1.807, 2.05) is 71.6 Å². The Morgan fingerprint density at radius 2 is 1.56 bits per heavy atom. The molecule has 1 aliphatic heterocycles. The zero-order chi connectivity index (χ0) is 24.8. The Hall–Kier alpha value is -3.84. The summed E-state index contributed by atoms with van der Waals surface area (Å²) in [4.78, 5) is 26.8. The van der Waals surface area contributed by atoms with E-state index in [0.29, 0.717) is 36.4 Å². The Labute approximate surface area is 217 Å². The van der Waals surface area contributed by atoms with Crippen molar-refractivity contribution in [3.63, 3.8) is 0 Å². The molecular weight excluding hydrogens is 478 g/mol. The number of nitrogens with zero attached hydrogens (tertiary/aromatic N) is 1. The minimum Gasteiger partial charge on any atom is -0.491 e. The molecule has 188 valence electrons. The Bertz CT molecular complexity index is 1180. The molecule has 1 amide bonds. The molecule has 0 aromatic heterocycles. The topological polar surface area (TPSA) is 106 Å². The lowest BCUT2D eigenvalue weighted by Gasteiger charge is -2.25. The molecule has 2 atom stereocenters. The number of carbonyl (C=O) groups excluding carboxylic acids is 2. The fraction of sp³-hybridized carbons (Fsp3) is 0.250. The van der Waals surface area contributed by atoms with Crippen molar-refractivity contribution in [2.24, 2.45) is 11.7 Å². The molecule has 1 saturated heterocycles. The number of rotatable bonds is 8. The van der Waals surface area contributed by atoms with Gasteiger partial charge < -0.3 is 20.1 Å². The normalized spacial score (nSPS) is 16.6. The lowest BCUT2D eigenvalue weighted by molar-refractivity contribution is -0.141. The van der Waals surface area contributed by atoms with Crippen molar-refractivity contribution in [3.8, 4) is 16.9 Å². The summed E-state index contributed by atoms with van der Waals surface area (Å²) in [5.74, 6) is 0.453. The quantitative estimate of drug-likeness (QED) is 0.265. The predicted molar refractivity (Wildman–Crippen MR) is 142 cm³/mol. The summed E-state index contributed by atoms with van der Waals surface area (Å²) in [6.45, 7) is 0.828. The number of likely N-dealkylation sites (tertiary alicyclic amines) is 1. The number of methoxy groups -OCH3 is 1. The van der Waals surface area contributed by atoms with Gasteiger partial charge in [-0.05, 0) is 47.7 Å². The van der Waals surface area contributed by atoms with Gasteiger partial charge in [0.2, 0.25) is 0 Å². The summed E-state index contributed by atoms with van der Waals surface area (Å²) in [5, 5.41) is 7.51. The van der Waals surface area contributed by atoms with Gasteiger partial charge >= 0.3 is 5.97 Å². The number of amidine groups is 1. The third kappa shape index (κ3) is 6.43. The third-order valence-electron chi connectivity index (χ3n) is 6.29. The van der Waals surface area contributed by atoms with Gasteiger partial charge in [-0.3, -0.25) is 15.0 Å². The molecule has 4 rings (SSSR count). The maximum atomic E-state index is 13.2. The van der Waals surface area contributed by atoms with Gasteiger partial charge in [-0.15, -0.1) is 12.4 Å². The Morgan fingerprint density at radius 3 is 2.14 bits per heavy atom. The number of nitrogen functional groups attached to an aromatic ring is 1. The molecule has 0 bridgehead atoms. The van der Waals surface area contributed by atoms with Crippen LogP contribution < -0.4 is 10.5 Å². The van der Waals surface area contributed by atoms with E-state index in [1.165, 1.54) is 7.11 Å². The molecule has 0 radical (unpaired) electrons. The average Bonchev–Trinajstić information content (AvgIpc) is 3.30. The Balaban J connectivity index is 0.00000361. The van der Waals surface area contributed by atoms with Crippen LogP contribution in [-0.4, -0.2) is 48.9 Å². The van der Waals surface area contributed by atoms with Crippen LogP contribution in [0, 0.1) is 11.3 Å². The summed E-state index contributed by atoms with van der Waals surface area (Å²) in [6, 6.07) is 24.3. The first-order chi connectivity index (χ1) is 16.9. The number of nitrogens with one attached hydrogen (secondary N) is 1. The van der Waals surface area contributed by atoms with Gasteiger partial charge in [0.15, 0.2) is 0 Å². The second kappa shape index (κ2) is 12.2. The number of halogens is 1. The number of ether oxygens (including phenoxy) is 2. The fourth-order valence-electron chi connectivity index (χ4n) is 4.41. The van der Waals surface area contributed by atoms with Gasteiger partial charge in [0, 0.05) is 17.7 Å². The summed E-state index contributed by atoms with van der Waals surface area (Å²) in [5.41, 5.74) is 8.87. The average molecular weight is 508 g/mol. The maximum absolute atomic E-state index is 13.2. The molecule has 0 spiro atoms. The number of benzene rings is 3. The number of hydrogen-bond acceptors (Lipinski definition) is 5. The molecule has 1 heterocycles. The summed E-state index contributed by atoms with van der Waals surface area (Å²) in [6.07, 6.45) is 0.955. The summed E-state index contributed by atoms with van der Waals surface area (Å²) < 4.78 is 10.9. The van der Waals surface area contributed by atoms with Gasteiger partial charge in [-0.2, -0.15) is 0 Å². The molecular formula is C28H30ClN3O4. The van der Waals surface area contributed by atoms with Crippen LogP contribution in [-0.2, 0) is 9.53 Å². The van der Waals surface area contributed by atoms with Crippen LogP contribution in [0.3, 0.4) is 0 Å². The van der Waals surface area contributed by atoms with E-state index >= 15 is 0 Å². The third-order valence-corrected chi connectivity index (χ3v) is 6.29. The second-order valence-corrected chi connectivity index (χ2v) is 8.69. The van der Waals surface area contributed by atoms with E-state index in [0.717, 1.165) is 11.1 Å². The van der Waals surface area contributed by atoms with Crippen LogP contribution in [0.25, 0.3) is 11.1 Å². The fourth-order valence-corrected chi connectivity index (χ4v) is 4.41. The van der Waals surface area contributed by atoms with Crippen molar-refractivity contribution in [3.05, 3.63) is 90.0 Å². The second-order valence-electron chi connectivity index (χ2n) is 8.69. The number of carbonyl (C=O) groups is 2. The van der Waals surface area contributed by atoms with E-state index < -0.39 is 0 Å². The lowest BCUT2D eigenvalue weighted by atomic mass is 10.0. The summed E-state index contributed by atoms with van der Waals surface area (Å²) >= 11 is 0. The van der Waals surface area contributed by atoms with Gasteiger partial charge in [-0.25, -0.2) is 0 Å². The standard InChI is InChI=1S/C28H29N3O4.ClH/c1-34-26(32)16-19-15-24(31(17-19)28(33)23-5-3-2-4-6-23)18-35-25-13-11-21(12-14-25)20-7-9-22(10-8-20)27(29)30;/h2-14,19,24H,15-18H2,1H3,(H3,29,30);1H/t19-,24-;/m0./s1. The highest BCUT2D eigenvalue weighted by Crippen LogP contribution is 2.29. The monoisotopic (exact) mass is 507 g/mol. The molecule has 1 aliphatic rings. The van der Waals surface area contributed by atoms with Gasteiger partial charge in [0.25, 0.3) is 5.91 Å². The van der Waals surface area contributed by atoms with Crippen LogP contribution in [0.4, 0.5) is 0 Å². The number of nitrogens with two attached hydrogens (primary N) is 1. The minimum absolute atomic E-state index is 0. The largest absolute Gasteiger partial charge is 0.491 e. The van der Waals surface area contributed by atoms with Crippen molar-refractivity contribution < 1.29 is 19.1 Å². The highest BCUT2D eigenvalue weighted by molar-refractivity contribution is 5.95. The highest BCUT2D eigenvalue weighted by Gasteiger charge is 2.37. The first kappa shape index (κ1) is 26.8. The summed E-state index contributed by atoms with van der Waals surface area (Å²) in [7, 11) is 1.38. The molecule has 36 heavy (non-hydrogen) atoms. The number of hydrogen-bond donors (Lipinski definition) is 2. The van der Waals surface area contributed by atoms with Crippen molar-refractivity contribution in [2.75, 3.05) is 20.3 Å². The van der Waals surface area contributed by atoms with Crippen LogP contribution >= 0.6 is 12.4 Å². The van der Waals surface area contributed by atoms with E-state index in [2.05, 4.69) is 0 Å².